The van der Waals surface area contributed by atoms with Crippen molar-refractivity contribution in [3.63, 3.8) is 0 Å². The number of aryl methyl sites for hydroxylation is 3. The smallest absolute Gasteiger partial charge is 0.302 e. The zero-order valence-corrected chi connectivity index (χ0v) is 17.1. The molecule has 7 heteroatoms. The minimum absolute atomic E-state index is 0.0128. The highest BCUT2D eigenvalue weighted by Crippen LogP contribution is 2.28. The van der Waals surface area contributed by atoms with Crippen molar-refractivity contribution in [2.45, 2.75) is 20.8 Å². The number of pyridine rings is 1. The van der Waals surface area contributed by atoms with Crippen LogP contribution in [0.1, 0.15) is 16.8 Å². The van der Waals surface area contributed by atoms with Crippen molar-refractivity contribution in [2.24, 2.45) is 0 Å². The molecule has 2 heterocycles. The molecule has 0 bridgehead atoms. The quantitative estimate of drug-likeness (QED) is 0.801. The van der Waals surface area contributed by atoms with Gasteiger partial charge in [-0.3, -0.25) is 4.79 Å². The average Bonchev–Trinajstić information content (AvgIpc) is 2.69. The van der Waals surface area contributed by atoms with E-state index in [4.69, 9.17) is 4.74 Å². The minimum atomic E-state index is 0.0128. The third kappa shape index (κ3) is 4.66. The normalized spacial score (nSPS) is 14.2. The Hall–Kier alpha value is -2.41. The maximum Gasteiger partial charge on any atom is 0.302 e. The van der Waals surface area contributed by atoms with Gasteiger partial charge in [0.15, 0.2) is 0 Å². The number of carbonyl (C=O) groups excluding carboxylic acids is 1. The molecule has 1 aliphatic rings. The molecule has 1 aliphatic heterocycles. The number of rotatable bonds is 4. The maximum absolute atomic E-state index is 12.6. The van der Waals surface area contributed by atoms with Crippen molar-refractivity contribution in [3.8, 4) is 5.88 Å². The molecule has 1 N–H and O–H groups in total. The predicted molar refractivity (Wildman–Crippen MR) is 112 cm³/mol. The van der Waals surface area contributed by atoms with Crippen LogP contribution in [0.3, 0.4) is 0 Å². The van der Waals surface area contributed by atoms with Crippen molar-refractivity contribution in [1.29, 1.82) is 0 Å². The number of aromatic nitrogens is 1. The predicted octanol–water partition coefficient (Wildman–Crippen LogP) is 4.02. The molecule has 1 aromatic heterocycles. The molecule has 144 valence electrons. The first-order valence-corrected chi connectivity index (χ1v) is 9.85. The molecule has 0 saturated carbocycles. The van der Waals surface area contributed by atoms with Crippen LogP contribution in [0.15, 0.2) is 30.3 Å². The van der Waals surface area contributed by atoms with Gasteiger partial charge in [0.05, 0.1) is 7.11 Å². The van der Waals surface area contributed by atoms with Gasteiger partial charge in [-0.1, -0.05) is 17.7 Å². The highest BCUT2D eigenvalue weighted by molar-refractivity contribution is 8.14. The summed E-state index contributed by atoms with van der Waals surface area (Å²) in [6, 6.07) is 10.5. The number of amides is 1. The summed E-state index contributed by atoms with van der Waals surface area (Å²) in [5.74, 6) is 0.502. The average molecular weight is 387 g/mol. The number of piperazine rings is 1. The van der Waals surface area contributed by atoms with Gasteiger partial charge < -0.3 is 19.3 Å². The fourth-order valence-corrected chi connectivity index (χ4v) is 3.63. The largest absolute Gasteiger partial charge is 0.479 e. The highest BCUT2D eigenvalue weighted by atomic mass is 32.2. The molecule has 1 amide bonds. The Labute approximate surface area is 165 Å². The first-order valence-electron chi connectivity index (χ1n) is 9.03. The molecule has 0 unspecified atom stereocenters. The van der Waals surface area contributed by atoms with Gasteiger partial charge in [0.25, 0.3) is 0 Å². The molecule has 2 aromatic rings. The Kier molecular flexibility index (Phi) is 6.11. The number of hydrogen-bond donors (Lipinski definition) is 1. The summed E-state index contributed by atoms with van der Waals surface area (Å²) in [7, 11) is 1.58. The molecule has 1 fully saturated rings. The molecule has 0 aliphatic carbocycles. The number of methoxy groups -OCH3 is 1. The molecule has 27 heavy (non-hydrogen) atoms. The molecule has 0 spiro atoms. The molecule has 1 aromatic carbocycles. The first kappa shape index (κ1) is 19.4. The molecular formula is C20H26N4O2S. The SMILES string of the molecule is COc1nc(C)c(C)cc1NSC(=O)N1CCN(c2ccc(C)cc2)CC1. The van der Waals surface area contributed by atoms with E-state index in [9.17, 15) is 4.79 Å². The first-order chi connectivity index (χ1) is 13.0. The summed E-state index contributed by atoms with van der Waals surface area (Å²) in [6.07, 6.45) is 0. The van der Waals surface area contributed by atoms with Gasteiger partial charge >= 0.3 is 5.24 Å². The van der Waals surface area contributed by atoms with Gasteiger partial charge in [0.1, 0.15) is 5.69 Å². The van der Waals surface area contributed by atoms with Crippen LogP contribution in [0.2, 0.25) is 0 Å². The van der Waals surface area contributed by atoms with E-state index < -0.39 is 0 Å². The summed E-state index contributed by atoms with van der Waals surface area (Å²) in [5, 5.41) is 0.0128. The van der Waals surface area contributed by atoms with Crippen LogP contribution in [0, 0.1) is 20.8 Å². The summed E-state index contributed by atoms with van der Waals surface area (Å²) in [5.41, 5.74) is 5.16. The van der Waals surface area contributed by atoms with Crippen molar-refractivity contribution in [1.82, 2.24) is 9.88 Å². The number of benzene rings is 1. The van der Waals surface area contributed by atoms with E-state index in [0.717, 1.165) is 42.0 Å². The lowest BCUT2D eigenvalue weighted by Gasteiger charge is -2.35. The highest BCUT2D eigenvalue weighted by Gasteiger charge is 2.22. The maximum atomic E-state index is 12.6. The molecule has 0 radical (unpaired) electrons. The van der Waals surface area contributed by atoms with E-state index in [1.54, 1.807) is 7.11 Å². The van der Waals surface area contributed by atoms with Crippen molar-refractivity contribution in [3.05, 3.63) is 47.2 Å². The van der Waals surface area contributed by atoms with Gasteiger partial charge in [-0.05, 0) is 44.5 Å². The van der Waals surface area contributed by atoms with Crippen LogP contribution < -0.4 is 14.4 Å². The third-order valence-corrected chi connectivity index (χ3v) is 5.56. The molecule has 1 saturated heterocycles. The van der Waals surface area contributed by atoms with Gasteiger partial charge in [-0.25, -0.2) is 4.98 Å². The second kappa shape index (κ2) is 8.52. The van der Waals surface area contributed by atoms with E-state index >= 15 is 0 Å². The van der Waals surface area contributed by atoms with Gasteiger partial charge in [-0.2, -0.15) is 0 Å². The molecule has 0 atom stereocenters. The fraction of sp³-hybridized carbons (Fsp3) is 0.400. The number of anilines is 2. The zero-order chi connectivity index (χ0) is 19.4. The van der Waals surface area contributed by atoms with Crippen LogP contribution >= 0.6 is 11.9 Å². The zero-order valence-electron chi connectivity index (χ0n) is 16.3. The Morgan fingerprint density at radius 2 is 1.78 bits per heavy atom. The monoisotopic (exact) mass is 386 g/mol. The topological polar surface area (TPSA) is 57.7 Å². The van der Waals surface area contributed by atoms with Crippen LogP contribution in [0.5, 0.6) is 5.88 Å². The lowest BCUT2D eigenvalue weighted by atomic mass is 10.2. The minimum Gasteiger partial charge on any atom is -0.479 e. The van der Waals surface area contributed by atoms with Crippen molar-refractivity contribution < 1.29 is 9.53 Å². The van der Waals surface area contributed by atoms with Crippen LogP contribution in [-0.4, -0.2) is 48.4 Å². The third-order valence-electron chi connectivity index (χ3n) is 4.81. The Balaban J connectivity index is 1.54. The summed E-state index contributed by atoms with van der Waals surface area (Å²) >= 11 is 1.08. The van der Waals surface area contributed by atoms with Gasteiger partial charge in [0.2, 0.25) is 5.88 Å². The van der Waals surface area contributed by atoms with E-state index in [2.05, 4.69) is 45.8 Å². The Bertz CT molecular complexity index is 802. The van der Waals surface area contributed by atoms with E-state index in [1.165, 1.54) is 11.3 Å². The summed E-state index contributed by atoms with van der Waals surface area (Å²) in [4.78, 5) is 21.2. The Morgan fingerprint density at radius 3 is 2.41 bits per heavy atom. The van der Waals surface area contributed by atoms with E-state index in [1.807, 2.05) is 24.8 Å². The number of nitrogens with zero attached hydrogens (tertiary/aromatic N) is 3. The van der Waals surface area contributed by atoms with Crippen LogP contribution in [0.25, 0.3) is 0 Å². The second-order valence-corrected chi connectivity index (χ2v) is 7.48. The standard InChI is InChI=1S/C20H26N4O2S/c1-14-5-7-17(8-6-14)23-9-11-24(12-10-23)20(25)27-22-18-13-15(2)16(3)21-19(18)26-4/h5-8,13,22H,9-12H2,1-4H3. The lowest BCUT2D eigenvalue weighted by molar-refractivity contribution is 0.219. The van der Waals surface area contributed by atoms with E-state index in [0.29, 0.717) is 19.0 Å². The number of nitrogens with one attached hydrogen (secondary N) is 1. The van der Waals surface area contributed by atoms with E-state index in [-0.39, 0.29) is 5.24 Å². The fourth-order valence-electron chi connectivity index (χ4n) is 2.98. The number of carbonyl (C=O) groups is 1. The Morgan fingerprint density at radius 1 is 1.11 bits per heavy atom. The second-order valence-electron chi connectivity index (χ2n) is 6.73. The van der Waals surface area contributed by atoms with Gasteiger partial charge in [0, 0.05) is 49.5 Å². The summed E-state index contributed by atoms with van der Waals surface area (Å²) < 4.78 is 8.41. The lowest BCUT2D eigenvalue weighted by Crippen LogP contribution is -2.47. The van der Waals surface area contributed by atoms with Crippen LogP contribution in [0.4, 0.5) is 16.2 Å². The number of ether oxygens (including phenoxy) is 1. The van der Waals surface area contributed by atoms with Crippen LogP contribution in [-0.2, 0) is 0 Å². The number of hydrogen-bond acceptors (Lipinski definition) is 6. The molecule has 3 rings (SSSR count). The molecular weight excluding hydrogens is 360 g/mol. The molecule has 6 nitrogen and oxygen atoms in total. The van der Waals surface area contributed by atoms with Crippen molar-refractivity contribution in [2.75, 3.05) is 42.9 Å². The van der Waals surface area contributed by atoms with Crippen molar-refractivity contribution >= 4 is 28.6 Å². The van der Waals surface area contributed by atoms with Gasteiger partial charge in [-0.15, -0.1) is 0 Å². The summed E-state index contributed by atoms with van der Waals surface area (Å²) in [6.45, 7) is 9.11.